The molecule has 2 amide bonds. The summed E-state index contributed by atoms with van der Waals surface area (Å²) in [7, 11) is 0. The number of rotatable bonds is 9. The van der Waals surface area contributed by atoms with Gasteiger partial charge in [0.15, 0.2) is 0 Å². The standard InChI is InChI=1S/C29H25Cl2N5O4/c30-19-8-11-21(22(31)16-19)27(37)32-20-9-6-18(7-10-20)14-23(29(39)40)33-28(38)24-12-13-25-34-35-26(36(24)25)15-17-4-2-1-3-5-17/h1-11,16,23-24H,12-15H2,(H,32,37)(H,33,38)(H,39,40). The van der Waals surface area contributed by atoms with Gasteiger partial charge in [-0.15, -0.1) is 10.2 Å². The zero-order valence-corrected chi connectivity index (χ0v) is 22.7. The quantitative estimate of drug-likeness (QED) is 0.264. The molecule has 2 atom stereocenters. The van der Waals surface area contributed by atoms with Crippen LogP contribution >= 0.6 is 23.2 Å². The molecule has 11 heteroatoms. The first-order valence-corrected chi connectivity index (χ1v) is 13.4. The smallest absolute Gasteiger partial charge is 0.326 e. The summed E-state index contributed by atoms with van der Waals surface area (Å²) in [5.41, 5.74) is 2.51. The second-order valence-corrected chi connectivity index (χ2v) is 10.3. The lowest BCUT2D eigenvalue weighted by Crippen LogP contribution is -2.45. The van der Waals surface area contributed by atoms with Gasteiger partial charge in [-0.3, -0.25) is 9.59 Å². The van der Waals surface area contributed by atoms with Crippen LogP contribution in [0.15, 0.2) is 72.8 Å². The number of carboxylic acids is 1. The summed E-state index contributed by atoms with van der Waals surface area (Å²) in [4.78, 5) is 37.9. The first kappa shape index (κ1) is 27.4. The number of aromatic nitrogens is 3. The molecule has 4 aromatic rings. The topological polar surface area (TPSA) is 126 Å². The third kappa shape index (κ3) is 6.16. The predicted octanol–water partition coefficient (Wildman–Crippen LogP) is 4.73. The number of halogens is 2. The van der Waals surface area contributed by atoms with Crippen LogP contribution in [0.25, 0.3) is 0 Å². The Bertz CT molecular complexity index is 1560. The monoisotopic (exact) mass is 577 g/mol. The van der Waals surface area contributed by atoms with Crippen LogP contribution < -0.4 is 10.6 Å². The van der Waals surface area contributed by atoms with E-state index in [-0.39, 0.29) is 22.9 Å². The third-order valence-electron chi connectivity index (χ3n) is 6.74. The number of amides is 2. The molecule has 2 unspecified atom stereocenters. The fourth-order valence-electron chi connectivity index (χ4n) is 4.73. The Morgan fingerprint density at radius 1 is 0.975 bits per heavy atom. The predicted molar refractivity (Wildman–Crippen MR) is 151 cm³/mol. The lowest BCUT2D eigenvalue weighted by molar-refractivity contribution is -0.142. The minimum absolute atomic E-state index is 0.0664. The molecule has 9 nitrogen and oxygen atoms in total. The number of aryl methyl sites for hydroxylation is 1. The van der Waals surface area contributed by atoms with Crippen LogP contribution in [0.4, 0.5) is 5.69 Å². The molecule has 40 heavy (non-hydrogen) atoms. The summed E-state index contributed by atoms with van der Waals surface area (Å²) in [5.74, 6) is -0.543. The van der Waals surface area contributed by atoms with E-state index >= 15 is 0 Å². The molecule has 0 fully saturated rings. The molecular formula is C29H25Cl2N5O4. The van der Waals surface area contributed by atoms with Gasteiger partial charge in [-0.1, -0.05) is 65.7 Å². The third-order valence-corrected chi connectivity index (χ3v) is 7.29. The van der Waals surface area contributed by atoms with Crippen LogP contribution in [0.1, 0.15) is 45.6 Å². The molecule has 3 N–H and O–H groups in total. The largest absolute Gasteiger partial charge is 0.480 e. The van der Waals surface area contributed by atoms with Crippen molar-refractivity contribution in [1.29, 1.82) is 0 Å². The number of anilines is 1. The number of hydrogen-bond donors (Lipinski definition) is 3. The summed E-state index contributed by atoms with van der Waals surface area (Å²) < 4.78 is 1.83. The lowest BCUT2D eigenvalue weighted by Gasteiger charge is -2.20. The molecule has 1 aliphatic heterocycles. The van der Waals surface area contributed by atoms with Gasteiger partial charge in [0.25, 0.3) is 5.91 Å². The van der Waals surface area contributed by atoms with Crippen LogP contribution in [-0.4, -0.2) is 43.7 Å². The Morgan fingerprint density at radius 2 is 1.73 bits per heavy atom. The van der Waals surface area contributed by atoms with E-state index in [0.29, 0.717) is 41.4 Å². The fourth-order valence-corrected chi connectivity index (χ4v) is 5.23. The van der Waals surface area contributed by atoms with Crippen LogP contribution in [0.2, 0.25) is 10.0 Å². The molecule has 0 radical (unpaired) electrons. The number of fused-ring (bicyclic) bond motifs is 1. The Balaban J connectivity index is 1.23. The van der Waals surface area contributed by atoms with Gasteiger partial charge in [0.1, 0.15) is 23.7 Å². The van der Waals surface area contributed by atoms with Crippen molar-refractivity contribution in [3.63, 3.8) is 0 Å². The van der Waals surface area contributed by atoms with Gasteiger partial charge in [-0.2, -0.15) is 0 Å². The maximum absolute atomic E-state index is 13.3. The molecule has 2 heterocycles. The van der Waals surface area contributed by atoms with E-state index in [4.69, 9.17) is 23.2 Å². The van der Waals surface area contributed by atoms with Gasteiger partial charge < -0.3 is 20.3 Å². The van der Waals surface area contributed by atoms with E-state index < -0.39 is 24.0 Å². The zero-order valence-electron chi connectivity index (χ0n) is 21.2. The molecular weight excluding hydrogens is 553 g/mol. The molecule has 0 saturated heterocycles. The Hall–Kier alpha value is -4.21. The van der Waals surface area contributed by atoms with E-state index in [0.717, 1.165) is 11.4 Å². The number of carbonyl (C=O) groups is 3. The maximum Gasteiger partial charge on any atom is 0.326 e. The van der Waals surface area contributed by atoms with Crippen molar-refractivity contribution < 1.29 is 19.5 Å². The van der Waals surface area contributed by atoms with E-state index in [9.17, 15) is 19.5 Å². The van der Waals surface area contributed by atoms with E-state index in [1.54, 1.807) is 30.3 Å². The first-order chi connectivity index (χ1) is 19.3. The van der Waals surface area contributed by atoms with Crippen molar-refractivity contribution in [2.24, 2.45) is 0 Å². The van der Waals surface area contributed by atoms with E-state index in [1.165, 1.54) is 12.1 Å². The van der Waals surface area contributed by atoms with Gasteiger partial charge in [0.05, 0.1) is 10.6 Å². The number of nitrogens with zero attached hydrogens (tertiary/aromatic N) is 3. The normalized spacial score (nSPS) is 14.8. The summed E-state index contributed by atoms with van der Waals surface area (Å²) in [5, 5.41) is 24.5. The molecule has 3 aromatic carbocycles. The number of nitrogens with one attached hydrogen (secondary N) is 2. The summed E-state index contributed by atoms with van der Waals surface area (Å²) >= 11 is 12.0. The van der Waals surface area contributed by atoms with E-state index in [2.05, 4.69) is 20.8 Å². The van der Waals surface area contributed by atoms with Crippen molar-refractivity contribution >= 4 is 46.7 Å². The molecule has 5 rings (SSSR count). The number of carboxylic acid groups (broad SMARTS) is 1. The average molecular weight is 578 g/mol. The maximum atomic E-state index is 13.3. The van der Waals surface area contributed by atoms with Crippen LogP contribution in [0, 0.1) is 0 Å². The van der Waals surface area contributed by atoms with Crippen molar-refractivity contribution in [3.8, 4) is 0 Å². The number of benzene rings is 3. The highest BCUT2D eigenvalue weighted by Gasteiger charge is 2.34. The molecule has 0 saturated carbocycles. The Labute approximate surface area is 240 Å². The second kappa shape index (κ2) is 11.9. The van der Waals surface area contributed by atoms with Gasteiger partial charge >= 0.3 is 5.97 Å². The SMILES string of the molecule is O=C(Nc1ccc(CC(NC(=O)C2CCc3nnc(Cc4ccccc4)n32)C(=O)O)cc1)c1ccc(Cl)cc1Cl. The summed E-state index contributed by atoms with van der Waals surface area (Å²) in [6.45, 7) is 0. The zero-order chi connectivity index (χ0) is 28.2. The molecule has 0 aliphatic carbocycles. The van der Waals surface area contributed by atoms with Gasteiger partial charge in [-0.25, -0.2) is 4.79 Å². The number of carbonyl (C=O) groups excluding carboxylic acids is 2. The second-order valence-electron chi connectivity index (χ2n) is 9.50. The summed E-state index contributed by atoms with van der Waals surface area (Å²) in [6, 6.07) is 19.4. The Morgan fingerprint density at radius 3 is 2.42 bits per heavy atom. The molecule has 0 spiro atoms. The number of aliphatic carboxylic acids is 1. The van der Waals surface area contributed by atoms with Crippen molar-refractivity contribution in [2.75, 3.05) is 5.32 Å². The highest BCUT2D eigenvalue weighted by atomic mass is 35.5. The van der Waals surface area contributed by atoms with Crippen LogP contribution in [0.5, 0.6) is 0 Å². The lowest BCUT2D eigenvalue weighted by atomic mass is 10.0. The van der Waals surface area contributed by atoms with Crippen molar-refractivity contribution in [3.05, 3.63) is 111 Å². The fraction of sp³-hybridized carbons (Fsp3) is 0.207. The number of hydrogen-bond acceptors (Lipinski definition) is 5. The minimum atomic E-state index is -1.14. The average Bonchev–Trinajstić information content (AvgIpc) is 3.53. The Kier molecular flexibility index (Phi) is 8.14. The van der Waals surface area contributed by atoms with Crippen molar-refractivity contribution in [1.82, 2.24) is 20.1 Å². The molecule has 0 bridgehead atoms. The van der Waals surface area contributed by atoms with Gasteiger partial charge in [0, 0.05) is 30.0 Å². The highest BCUT2D eigenvalue weighted by molar-refractivity contribution is 6.37. The molecule has 204 valence electrons. The highest BCUT2D eigenvalue weighted by Crippen LogP contribution is 2.28. The van der Waals surface area contributed by atoms with Gasteiger partial charge in [-0.05, 0) is 47.9 Å². The first-order valence-electron chi connectivity index (χ1n) is 12.6. The van der Waals surface area contributed by atoms with E-state index in [1.807, 2.05) is 34.9 Å². The van der Waals surface area contributed by atoms with Crippen LogP contribution in [0.3, 0.4) is 0 Å². The minimum Gasteiger partial charge on any atom is -0.480 e. The summed E-state index contributed by atoms with van der Waals surface area (Å²) in [6.07, 6.45) is 1.70. The van der Waals surface area contributed by atoms with Gasteiger partial charge in [0.2, 0.25) is 5.91 Å². The van der Waals surface area contributed by atoms with Crippen molar-refractivity contribution in [2.45, 2.75) is 37.8 Å². The van der Waals surface area contributed by atoms with Crippen LogP contribution in [-0.2, 0) is 28.9 Å². The molecule has 1 aromatic heterocycles. The molecule has 1 aliphatic rings.